The molecule has 0 saturated carbocycles. The molecule has 8 nitrogen and oxygen atoms in total. The van der Waals surface area contributed by atoms with Crippen LogP contribution in [0.2, 0.25) is 0 Å². The van der Waals surface area contributed by atoms with Crippen molar-refractivity contribution in [1.29, 1.82) is 0 Å². The monoisotopic (exact) mass is 468 g/mol. The maximum atomic E-state index is 15.5. The van der Waals surface area contributed by atoms with Crippen molar-refractivity contribution < 1.29 is 18.4 Å². The minimum atomic E-state index is -0.685. The molecule has 2 amide bonds. The van der Waals surface area contributed by atoms with E-state index in [0.29, 0.717) is 44.0 Å². The number of aromatic nitrogens is 2. The lowest BCUT2D eigenvalue weighted by Gasteiger charge is -2.36. The van der Waals surface area contributed by atoms with E-state index in [4.69, 9.17) is 0 Å². The highest BCUT2D eigenvalue weighted by molar-refractivity contribution is 6.07. The highest BCUT2D eigenvalue weighted by Crippen LogP contribution is 2.38. The Morgan fingerprint density at radius 3 is 2.62 bits per heavy atom. The van der Waals surface area contributed by atoms with Crippen molar-refractivity contribution >= 4 is 34.1 Å². The van der Waals surface area contributed by atoms with Gasteiger partial charge in [-0.25, -0.2) is 9.37 Å². The van der Waals surface area contributed by atoms with E-state index in [9.17, 15) is 14.0 Å². The van der Waals surface area contributed by atoms with Gasteiger partial charge in [-0.15, -0.1) is 0 Å². The van der Waals surface area contributed by atoms with Gasteiger partial charge < -0.3 is 20.1 Å². The summed E-state index contributed by atoms with van der Waals surface area (Å²) < 4.78 is 31.9. The molecule has 2 aromatic heterocycles. The largest absolute Gasteiger partial charge is 0.365 e. The topological polar surface area (TPSA) is 82.5 Å². The summed E-state index contributed by atoms with van der Waals surface area (Å²) in [5, 5.41) is 6.08. The van der Waals surface area contributed by atoms with Crippen LogP contribution >= 0.6 is 0 Å². The molecule has 3 aromatic rings. The van der Waals surface area contributed by atoms with Crippen molar-refractivity contribution in [2.24, 2.45) is 0 Å². The van der Waals surface area contributed by atoms with E-state index in [1.54, 1.807) is 13.0 Å². The average Bonchev–Trinajstić information content (AvgIpc) is 3.16. The van der Waals surface area contributed by atoms with Crippen molar-refractivity contribution in [2.45, 2.75) is 26.4 Å². The maximum Gasteiger partial charge on any atom is 0.269 e. The Morgan fingerprint density at radius 2 is 1.94 bits per heavy atom. The zero-order valence-electron chi connectivity index (χ0n) is 19.3. The summed E-state index contributed by atoms with van der Waals surface area (Å²) in [6, 6.07) is 6.52. The van der Waals surface area contributed by atoms with E-state index in [-0.39, 0.29) is 23.3 Å². The Labute approximate surface area is 195 Å². The molecule has 0 aliphatic carbocycles. The Balaban J connectivity index is 1.33. The third-order valence-corrected chi connectivity index (χ3v) is 6.74. The molecular weight excluding hydrogens is 442 g/mol. The number of amides is 2. The number of halogens is 2. The number of benzene rings is 1. The van der Waals surface area contributed by atoms with Crippen LogP contribution in [0.15, 0.2) is 24.3 Å². The SMILES string of the molecule is CNC(=O)c1ccc(N2CCN(Cc3cc4cc(C)n5c4c(c3F)NC(=O)C5C)CC2)c(F)n1. The summed E-state index contributed by atoms with van der Waals surface area (Å²) >= 11 is 0. The van der Waals surface area contributed by atoms with Crippen LogP contribution in [0.5, 0.6) is 0 Å². The van der Waals surface area contributed by atoms with E-state index < -0.39 is 17.7 Å². The number of piperazine rings is 1. The van der Waals surface area contributed by atoms with Crippen molar-refractivity contribution in [2.75, 3.05) is 43.4 Å². The van der Waals surface area contributed by atoms with Gasteiger partial charge in [0.1, 0.15) is 17.4 Å². The molecule has 5 rings (SSSR count). The van der Waals surface area contributed by atoms with E-state index in [0.717, 1.165) is 16.6 Å². The number of hydrogen-bond acceptors (Lipinski definition) is 5. The predicted octanol–water partition coefficient (Wildman–Crippen LogP) is 2.82. The second-order valence-electron chi connectivity index (χ2n) is 8.83. The Kier molecular flexibility index (Phi) is 5.47. The average molecular weight is 469 g/mol. The predicted molar refractivity (Wildman–Crippen MR) is 125 cm³/mol. The first kappa shape index (κ1) is 22.3. The third kappa shape index (κ3) is 3.58. The van der Waals surface area contributed by atoms with Crippen LogP contribution in [0, 0.1) is 18.7 Å². The molecule has 0 spiro atoms. The van der Waals surface area contributed by atoms with Crippen molar-refractivity contribution in [3.8, 4) is 0 Å². The van der Waals surface area contributed by atoms with Gasteiger partial charge in [0.05, 0.1) is 11.2 Å². The van der Waals surface area contributed by atoms with Gasteiger partial charge in [0, 0.05) is 56.4 Å². The number of hydrogen-bond donors (Lipinski definition) is 2. The molecular formula is C24H26F2N6O2. The van der Waals surface area contributed by atoms with Gasteiger partial charge in [-0.05, 0) is 38.1 Å². The molecule has 0 radical (unpaired) electrons. The summed E-state index contributed by atoms with van der Waals surface area (Å²) in [6.45, 7) is 6.40. The minimum Gasteiger partial charge on any atom is -0.365 e. The van der Waals surface area contributed by atoms with Crippen molar-refractivity contribution in [3.63, 3.8) is 0 Å². The van der Waals surface area contributed by atoms with E-state index in [2.05, 4.69) is 20.5 Å². The number of nitrogens with one attached hydrogen (secondary N) is 2. The Bertz CT molecular complexity index is 1310. The Morgan fingerprint density at radius 1 is 1.21 bits per heavy atom. The lowest BCUT2D eigenvalue weighted by atomic mass is 10.1. The molecule has 10 heteroatoms. The highest BCUT2D eigenvalue weighted by Gasteiger charge is 2.30. The molecule has 1 fully saturated rings. The van der Waals surface area contributed by atoms with Gasteiger partial charge in [0.15, 0.2) is 5.82 Å². The van der Waals surface area contributed by atoms with Crippen LogP contribution in [0.4, 0.5) is 20.2 Å². The molecule has 2 aliphatic rings. The highest BCUT2D eigenvalue weighted by atomic mass is 19.1. The quantitative estimate of drug-likeness (QED) is 0.576. The summed E-state index contributed by atoms with van der Waals surface area (Å²) in [7, 11) is 1.47. The van der Waals surface area contributed by atoms with Gasteiger partial charge in [-0.1, -0.05) is 0 Å². The molecule has 2 N–H and O–H groups in total. The zero-order valence-corrected chi connectivity index (χ0v) is 19.3. The molecule has 34 heavy (non-hydrogen) atoms. The summed E-state index contributed by atoms with van der Waals surface area (Å²) in [6.07, 6.45) is 0. The van der Waals surface area contributed by atoms with Crippen LogP contribution in [0.1, 0.15) is 34.7 Å². The van der Waals surface area contributed by atoms with Gasteiger partial charge >= 0.3 is 0 Å². The van der Waals surface area contributed by atoms with E-state index in [1.165, 1.54) is 13.1 Å². The normalized spacial score (nSPS) is 18.3. The lowest BCUT2D eigenvalue weighted by Crippen LogP contribution is -2.46. The molecule has 4 heterocycles. The maximum absolute atomic E-state index is 15.5. The molecule has 1 saturated heterocycles. The first-order valence-corrected chi connectivity index (χ1v) is 11.3. The number of anilines is 2. The number of rotatable bonds is 4. The Hall–Kier alpha value is -3.53. The first-order valence-electron chi connectivity index (χ1n) is 11.3. The van der Waals surface area contributed by atoms with Crippen LogP contribution in [0.25, 0.3) is 10.9 Å². The van der Waals surface area contributed by atoms with E-state index in [1.807, 2.05) is 28.5 Å². The van der Waals surface area contributed by atoms with Crippen molar-refractivity contribution in [3.05, 3.63) is 53.0 Å². The van der Waals surface area contributed by atoms with Gasteiger partial charge in [-0.3, -0.25) is 14.5 Å². The molecule has 2 aliphatic heterocycles. The number of aryl methyl sites for hydroxylation is 1. The third-order valence-electron chi connectivity index (χ3n) is 6.74. The van der Waals surface area contributed by atoms with Crippen molar-refractivity contribution in [1.82, 2.24) is 19.8 Å². The summed E-state index contributed by atoms with van der Waals surface area (Å²) in [5.74, 6) is -1.76. The fourth-order valence-corrected chi connectivity index (χ4v) is 4.95. The lowest BCUT2D eigenvalue weighted by molar-refractivity contribution is -0.119. The molecule has 178 valence electrons. The number of nitrogens with zero attached hydrogens (tertiary/aromatic N) is 4. The van der Waals surface area contributed by atoms with Crippen LogP contribution in [-0.4, -0.2) is 59.5 Å². The minimum absolute atomic E-state index is 0.0303. The molecule has 1 aromatic carbocycles. The fourth-order valence-electron chi connectivity index (χ4n) is 4.95. The van der Waals surface area contributed by atoms with Gasteiger partial charge in [0.2, 0.25) is 11.9 Å². The van der Waals surface area contributed by atoms with Crippen LogP contribution in [0.3, 0.4) is 0 Å². The standard InChI is InChI=1S/C24H26F2N6O2/c1-13-10-15-11-16(19(25)20-21(15)32(13)14(2)23(33)29-20)12-30-6-8-31(9-7-30)18-5-4-17(24(34)27-3)28-22(18)26/h4-5,10-11,14H,6-9,12H2,1-3H3,(H,27,34)(H,29,33). The fraction of sp³-hybridized carbons (Fsp3) is 0.375. The van der Waals surface area contributed by atoms with Crippen LogP contribution < -0.4 is 15.5 Å². The summed E-state index contributed by atoms with van der Waals surface area (Å²) in [4.78, 5) is 31.8. The molecule has 0 bridgehead atoms. The zero-order chi connectivity index (χ0) is 24.1. The smallest absolute Gasteiger partial charge is 0.269 e. The number of carbonyl (C=O) groups is 2. The molecule has 1 atom stereocenters. The van der Waals surface area contributed by atoms with Gasteiger partial charge in [0.25, 0.3) is 5.91 Å². The number of pyridine rings is 1. The van der Waals surface area contributed by atoms with Gasteiger partial charge in [-0.2, -0.15) is 4.39 Å². The second-order valence-corrected chi connectivity index (χ2v) is 8.83. The second kappa shape index (κ2) is 8.35. The summed E-state index contributed by atoms with van der Waals surface area (Å²) in [5.41, 5.74) is 2.78. The van der Waals surface area contributed by atoms with E-state index >= 15 is 4.39 Å². The molecule has 1 unspecified atom stereocenters. The number of carbonyl (C=O) groups excluding carboxylic acids is 2. The first-order chi connectivity index (χ1) is 16.3. The van der Waals surface area contributed by atoms with Crippen LogP contribution in [-0.2, 0) is 11.3 Å².